The van der Waals surface area contributed by atoms with Crippen molar-refractivity contribution in [3.05, 3.63) is 66.4 Å². The number of hydrogen-bond donors (Lipinski definition) is 1. The first kappa shape index (κ1) is 16.5. The minimum Gasteiger partial charge on any atom is -0.360 e. The molecule has 0 unspecified atom stereocenters. The maximum Gasteiger partial charge on any atom is 0.183 e. The van der Waals surface area contributed by atoms with Crippen LogP contribution < -0.4 is 0 Å². The van der Waals surface area contributed by atoms with Crippen molar-refractivity contribution in [1.82, 2.24) is 29.6 Å². The molecule has 0 aliphatic carbocycles. The molecule has 0 bridgehead atoms. The van der Waals surface area contributed by atoms with Crippen LogP contribution in [0.25, 0.3) is 22.3 Å². The highest BCUT2D eigenvalue weighted by molar-refractivity contribution is 5.93. The first-order valence-electron chi connectivity index (χ1n) is 8.82. The molecule has 0 atom stereocenters. The van der Waals surface area contributed by atoms with Gasteiger partial charge in [-0.2, -0.15) is 5.10 Å². The van der Waals surface area contributed by atoms with Gasteiger partial charge in [-0.15, -0.1) is 0 Å². The summed E-state index contributed by atoms with van der Waals surface area (Å²) in [6.07, 6.45) is 5.64. The lowest BCUT2D eigenvalue weighted by atomic mass is 10.2. The highest BCUT2D eigenvalue weighted by Crippen LogP contribution is 2.26. The zero-order valence-electron chi connectivity index (χ0n) is 15.1. The average Bonchev–Trinajstić information content (AvgIpc) is 3.26. The van der Waals surface area contributed by atoms with E-state index >= 15 is 0 Å². The van der Waals surface area contributed by atoms with Crippen molar-refractivity contribution in [3.8, 4) is 11.4 Å². The van der Waals surface area contributed by atoms with Gasteiger partial charge in [0.15, 0.2) is 5.82 Å². The SMILES string of the molecule is CCn1nc(-c2c[nH]c3ccccc23)nc1CN(C)Cc1ccncc1. The topological polar surface area (TPSA) is 62.6 Å². The molecule has 6 heteroatoms. The number of hydrogen-bond acceptors (Lipinski definition) is 4. The van der Waals surface area contributed by atoms with E-state index in [9.17, 15) is 0 Å². The van der Waals surface area contributed by atoms with Gasteiger partial charge < -0.3 is 4.98 Å². The first-order chi connectivity index (χ1) is 12.7. The Morgan fingerprint density at radius 3 is 2.69 bits per heavy atom. The van der Waals surface area contributed by atoms with Crippen molar-refractivity contribution < 1.29 is 0 Å². The largest absolute Gasteiger partial charge is 0.360 e. The summed E-state index contributed by atoms with van der Waals surface area (Å²) in [7, 11) is 2.10. The molecule has 4 aromatic rings. The molecular weight excluding hydrogens is 324 g/mol. The lowest BCUT2D eigenvalue weighted by Crippen LogP contribution is -2.20. The van der Waals surface area contributed by atoms with E-state index in [-0.39, 0.29) is 0 Å². The number of benzene rings is 1. The number of aromatic nitrogens is 5. The predicted octanol–water partition coefficient (Wildman–Crippen LogP) is 3.47. The molecule has 0 saturated carbocycles. The third-order valence-corrected chi connectivity index (χ3v) is 4.49. The quantitative estimate of drug-likeness (QED) is 0.581. The van der Waals surface area contributed by atoms with E-state index in [0.29, 0.717) is 0 Å². The molecule has 3 aromatic heterocycles. The van der Waals surface area contributed by atoms with Crippen LogP contribution in [0.2, 0.25) is 0 Å². The van der Waals surface area contributed by atoms with Gasteiger partial charge in [-0.1, -0.05) is 18.2 Å². The number of H-pyrrole nitrogens is 1. The Balaban J connectivity index is 1.59. The molecule has 0 spiro atoms. The maximum absolute atomic E-state index is 4.83. The van der Waals surface area contributed by atoms with Crippen LogP contribution >= 0.6 is 0 Å². The number of aryl methyl sites for hydroxylation is 1. The Morgan fingerprint density at radius 2 is 1.88 bits per heavy atom. The van der Waals surface area contributed by atoms with Crippen molar-refractivity contribution in [2.45, 2.75) is 26.6 Å². The first-order valence-corrected chi connectivity index (χ1v) is 8.82. The van der Waals surface area contributed by atoms with E-state index < -0.39 is 0 Å². The summed E-state index contributed by atoms with van der Waals surface area (Å²) in [4.78, 5) is 14.4. The molecule has 26 heavy (non-hydrogen) atoms. The molecular formula is C20H22N6. The Hall–Kier alpha value is -2.99. The van der Waals surface area contributed by atoms with Crippen molar-refractivity contribution in [2.75, 3.05) is 7.05 Å². The summed E-state index contributed by atoms with van der Waals surface area (Å²) < 4.78 is 1.99. The number of rotatable bonds is 6. The summed E-state index contributed by atoms with van der Waals surface area (Å²) in [5.41, 5.74) is 3.39. The molecule has 0 aliphatic rings. The molecule has 1 N–H and O–H groups in total. The van der Waals surface area contributed by atoms with Crippen LogP contribution in [0, 0.1) is 0 Å². The smallest absolute Gasteiger partial charge is 0.183 e. The van der Waals surface area contributed by atoms with Gasteiger partial charge in [-0.3, -0.25) is 9.88 Å². The number of aromatic amines is 1. The van der Waals surface area contributed by atoms with Gasteiger partial charge in [0.2, 0.25) is 0 Å². The fraction of sp³-hybridized carbons (Fsp3) is 0.250. The second kappa shape index (κ2) is 7.09. The molecule has 0 amide bonds. The zero-order valence-corrected chi connectivity index (χ0v) is 15.1. The number of pyridine rings is 1. The van der Waals surface area contributed by atoms with Crippen LogP contribution in [0.1, 0.15) is 18.3 Å². The van der Waals surface area contributed by atoms with Crippen LogP contribution in [0.15, 0.2) is 55.0 Å². The second-order valence-corrected chi connectivity index (χ2v) is 6.44. The van der Waals surface area contributed by atoms with E-state index in [0.717, 1.165) is 47.7 Å². The average molecular weight is 346 g/mol. The Morgan fingerprint density at radius 1 is 1.08 bits per heavy atom. The molecule has 0 aliphatic heterocycles. The van der Waals surface area contributed by atoms with Gasteiger partial charge >= 0.3 is 0 Å². The number of nitrogens with one attached hydrogen (secondary N) is 1. The van der Waals surface area contributed by atoms with Crippen LogP contribution in [0.3, 0.4) is 0 Å². The van der Waals surface area contributed by atoms with Crippen LogP contribution in [0.4, 0.5) is 0 Å². The van der Waals surface area contributed by atoms with E-state index in [4.69, 9.17) is 10.1 Å². The van der Waals surface area contributed by atoms with Crippen molar-refractivity contribution in [3.63, 3.8) is 0 Å². The summed E-state index contributed by atoms with van der Waals surface area (Å²) in [6, 6.07) is 12.3. The second-order valence-electron chi connectivity index (χ2n) is 6.44. The number of nitrogens with zero attached hydrogens (tertiary/aromatic N) is 5. The fourth-order valence-corrected chi connectivity index (χ4v) is 3.21. The van der Waals surface area contributed by atoms with Crippen molar-refractivity contribution in [2.24, 2.45) is 0 Å². The Kier molecular flexibility index (Phi) is 4.50. The minimum atomic E-state index is 0.742. The normalized spacial score (nSPS) is 11.5. The summed E-state index contributed by atoms with van der Waals surface area (Å²) in [6.45, 7) is 4.49. The molecule has 6 nitrogen and oxygen atoms in total. The third kappa shape index (κ3) is 3.23. The highest BCUT2D eigenvalue weighted by Gasteiger charge is 2.15. The van der Waals surface area contributed by atoms with Gasteiger partial charge in [0.1, 0.15) is 5.82 Å². The van der Waals surface area contributed by atoms with Crippen LogP contribution in [-0.4, -0.2) is 36.7 Å². The summed E-state index contributed by atoms with van der Waals surface area (Å²) >= 11 is 0. The van der Waals surface area contributed by atoms with E-state index in [1.54, 1.807) is 0 Å². The molecule has 4 rings (SSSR count). The monoisotopic (exact) mass is 346 g/mol. The van der Waals surface area contributed by atoms with E-state index in [2.05, 4.69) is 41.0 Å². The molecule has 0 radical (unpaired) electrons. The lowest BCUT2D eigenvalue weighted by molar-refractivity contribution is 0.303. The Labute approximate surface area is 152 Å². The lowest BCUT2D eigenvalue weighted by Gasteiger charge is -2.16. The number of para-hydroxylation sites is 1. The van der Waals surface area contributed by atoms with Gasteiger partial charge in [0, 0.05) is 48.1 Å². The molecule has 132 valence electrons. The van der Waals surface area contributed by atoms with Crippen LogP contribution in [0.5, 0.6) is 0 Å². The summed E-state index contributed by atoms with van der Waals surface area (Å²) in [5, 5.41) is 5.88. The molecule has 1 aromatic carbocycles. The standard InChI is InChI=1S/C20H22N6/c1-3-26-19(14-25(2)13-15-8-10-21-11-9-15)23-20(24-26)17-12-22-18-7-5-4-6-16(17)18/h4-12,22H,3,13-14H2,1-2H3. The van der Waals surface area contributed by atoms with E-state index in [1.165, 1.54) is 5.56 Å². The zero-order chi connectivity index (χ0) is 17.9. The molecule has 0 fully saturated rings. The van der Waals surface area contributed by atoms with Crippen molar-refractivity contribution >= 4 is 10.9 Å². The summed E-state index contributed by atoms with van der Waals surface area (Å²) in [5.74, 6) is 1.75. The fourth-order valence-electron chi connectivity index (χ4n) is 3.21. The van der Waals surface area contributed by atoms with Gasteiger partial charge in [0.05, 0.1) is 6.54 Å². The molecule has 0 saturated heterocycles. The number of fused-ring (bicyclic) bond motifs is 1. The van der Waals surface area contributed by atoms with Gasteiger partial charge in [-0.25, -0.2) is 9.67 Å². The van der Waals surface area contributed by atoms with E-state index in [1.807, 2.05) is 47.5 Å². The van der Waals surface area contributed by atoms with Crippen molar-refractivity contribution in [1.29, 1.82) is 0 Å². The van der Waals surface area contributed by atoms with Gasteiger partial charge in [0.25, 0.3) is 0 Å². The van der Waals surface area contributed by atoms with Crippen LogP contribution in [-0.2, 0) is 19.6 Å². The third-order valence-electron chi connectivity index (χ3n) is 4.49. The predicted molar refractivity (Wildman–Crippen MR) is 102 cm³/mol. The molecule has 3 heterocycles. The van der Waals surface area contributed by atoms with Gasteiger partial charge in [-0.05, 0) is 37.7 Å². The highest BCUT2D eigenvalue weighted by atomic mass is 15.4. The minimum absolute atomic E-state index is 0.742. The Bertz CT molecular complexity index is 1000. The maximum atomic E-state index is 4.83.